The molecular formula is C23H24N2O3S. The molecule has 0 radical (unpaired) electrons. The Morgan fingerprint density at radius 3 is 2.66 bits per heavy atom. The fraction of sp³-hybridized carbons (Fsp3) is 0.304. The first-order valence-corrected chi connectivity index (χ1v) is 10.6. The Hall–Kier alpha value is -2.70. The van der Waals surface area contributed by atoms with Crippen molar-refractivity contribution in [3.8, 4) is 16.3 Å². The van der Waals surface area contributed by atoms with Gasteiger partial charge in [-0.15, -0.1) is 11.3 Å². The SMILES string of the molecule is Cc1ccc(-c2nc(CN3CCc4ccc(OCC(=O)O)cc4CC3)cs2)cc1. The zero-order valence-corrected chi connectivity index (χ0v) is 17.2. The minimum atomic E-state index is -0.959. The van der Waals surface area contributed by atoms with E-state index >= 15 is 0 Å². The van der Waals surface area contributed by atoms with Gasteiger partial charge in [0.05, 0.1) is 5.69 Å². The molecule has 150 valence electrons. The van der Waals surface area contributed by atoms with Crippen molar-refractivity contribution in [3.63, 3.8) is 0 Å². The lowest BCUT2D eigenvalue weighted by Crippen LogP contribution is -2.26. The summed E-state index contributed by atoms with van der Waals surface area (Å²) in [6, 6.07) is 14.4. The fourth-order valence-electron chi connectivity index (χ4n) is 3.58. The molecule has 0 atom stereocenters. The van der Waals surface area contributed by atoms with Gasteiger partial charge < -0.3 is 9.84 Å². The topological polar surface area (TPSA) is 62.7 Å². The minimum absolute atomic E-state index is 0.307. The molecule has 1 aromatic heterocycles. The number of carboxylic acids is 1. The molecule has 2 heterocycles. The maximum Gasteiger partial charge on any atom is 0.341 e. The average Bonchev–Trinajstić information content (AvgIpc) is 3.08. The summed E-state index contributed by atoms with van der Waals surface area (Å²) in [5.41, 5.74) is 6.10. The Bertz CT molecular complexity index is 998. The number of aromatic nitrogens is 1. The first-order valence-electron chi connectivity index (χ1n) is 9.77. The van der Waals surface area contributed by atoms with E-state index in [4.69, 9.17) is 14.8 Å². The van der Waals surface area contributed by atoms with Crippen molar-refractivity contribution in [2.24, 2.45) is 0 Å². The molecule has 1 aliphatic rings. The number of hydrogen-bond donors (Lipinski definition) is 1. The zero-order chi connectivity index (χ0) is 20.2. The molecule has 0 spiro atoms. The van der Waals surface area contributed by atoms with Gasteiger partial charge in [0.25, 0.3) is 0 Å². The number of aliphatic carboxylic acids is 1. The predicted molar refractivity (Wildman–Crippen MR) is 115 cm³/mol. The summed E-state index contributed by atoms with van der Waals surface area (Å²) in [7, 11) is 0. The molecule has 1 aliphatic heterocycles. The number of fused-ring (bicyclic) bond motifs is 1. The number of rotatable bonds is 6. The van der Waals surface area contributed by atoms with Crippen LogP contribution in [-0.4, -0.2) is 40.7 Å². The standard InChI is InChI=1S/C23H24N2O3S/c1-16-2-4-18(5-3-16)23-24-20(15-29-23)13-25-10-8-17-6-7-21(28-14-22(26)27)12-19(17)9-11-25/h2-7,12,15H,8-11,13-14H2,1H3,(H,26,27). The second-order valence-corrected chi connectivity index (χ2v) is 8.26. The quantitative estimate of drug-likeness (QED) is 0.663. The molecule has 1 N–H and O–H groups in total. The van der Waals surface area contributed by atoms with Gasteiger partial charge in [-0.2, -0.15) is 0 Å². The van der Waals surface area contributed by atoms with Crippen LogP contribution in [0.1, 0.15) is 22.4 Å². The highest BCUT2D eigenvalue weighted by Gasteiger charge is 2.16. The smallest absolute Gasteiger partial charge is 0.341 e. The summed E-state index contributed by atoms with van der Waals surface area (Å²) in [5, 5.41) is 12.0. The van der Waals surface area contributed by atoms with Crippen LogP contribution in [-0.2, 0) is 24.2 Å². The number of aryl methyl sites for hydroxylation is 1. The van der Waals surface area contributed by atoms with Crippen LogP contribution in [0.15, 0.2) is 47.8 Å². The normalized spacial score (nSPS) is 14.2. The maximum atomic E-state index is 10.7. The lowest BCUT2D eigenvalue weighted by atomic mass is 10.0. The molecule has 4 rings (SSSR count). The van der Waals surface area contributed by atoms with E-state index in [0.717, 1.165) is 43.2 Å². The number of thiazole rings is 1. The van der Waals surface area contributed by atoms with Crippen molar-refractivity contribution in [2.75, 3.05) is 19.7 Å². The van der Waals surface area contributed by atoms with Crippen molar-refractivity contribution in [1.82, 2.24) is 9.88 Å². The summed E-state index contributed by atoms with van der Waals surface area (Å²) >= 11 is 1.70. The van der Waals surface area contributed by atoms with Crippen LogP contribution in [0.3, 0.4) is 0 Å². The zero-order valence-electron chi connectivity index (χ0n) is 16.4. The molecular weight excluding hydrogens is 384 g/mol. The average molecular weight is 409 g/mol. The summed E-state index contributed by atoms with van der Waals surface area (Å²) in [4.78, 5) is 18.0. The van der Waals surface area contributed by atoms with Crippen molar-refractivity contribution in [2.45, 2.75) is 26.3 Å². The van der Waals surface area contributed by atoms with E-state index < -0.39 is 5.97 Å². The van der Waals surface area contributed by atoms with Crippen molar-refractivity contribution < 1.29 is 14.6 Å². The number of carboxylic acid groups (broad SMARTS) is 1. The number of benzene rings is 2. The summed E-state index contributed by atoms with van der Waals surface area (Å²) in [6.07, 6.45) is 1.90. The predicted octanol–water partition coefficient (Wildman–Crippen LogP) is 4.18. The van der Waals surface area contributed by atoms with E-state index in [1.54, 1.807) is 11.3 Å². The molecule has 0 fully saturated rings. The van der Waals surface area contributed by atoms with Crippen LogP contribution >= 0.6 is 11.3 Å². The molecule has 0 saturated carbocycles. The molecule has 0 saturated heterocycles. The van der Waals surface area contributed by atoms with E-state index in [1.807, 2.05) is 12.1 Å². The molecule has 0 unspecified atom stereocenters. The van der Waals surface area contributed by atoms with E-state index in [1.165, 1.54) is 22.3 Å². The van der Waals surface area contributed by atoms with E-state index in [-0.39, 0.29) is 6.61 Å². The molecule has 2 aromatic carbocycles. The highest BCUT2D eigenvalue weighted by molar-refractivity contribution is 7.13. The van der Waals surface area contributed by atoms with Gasteiger partial charge in [0.15, 0.2) is 6.61 Å². The summed E-state index contributed by atoms with van der Waals surface area (Å²) < 4.78 is 5.33. The number of nitrogens with zero attached hydrogens (tertiary/aromatic N) is 2. The summed E-state index contributed by atoms with van der Waals surface area (Å²) in [5.74, 6) is -0.332. The largest absolute Gasteiger partial charge is 0.482 e. The van der Waals surface area contributed by atoms with Crippen LogP contribution in [0, 0.1) is 6.92 Å². The van der Waals surface area contributed by atoms with Crippen molar-refractivity contribution >= 4 is 17.3 Å². The van der Waals surface area contributed by atoms with Gasteiger partial charge >= 0.3 is 5.97 Å². The van der Waals surface area contributed by atoms with Gasteiger partial charge in [0.1, 0.15) is 10.8 Å². The van der Waals surface area contributed by atoms with E-state index in [2.05, 4.69) is 47.5 Å². The third-order valence-corrected chi connectivity index (χ3v) is 6.11. The monoisotopic (exact) mass is 408 g/mol. The molecule has 5 nitrogen and oxygen atoms in total. The lowest BCUT2D eigenvalue weighted by molar-refractivity contribution is -0.139. The van der Waals surface area contributed by atoms with Gasteiger partial charge in [0.2, 0.25) is 0 Å². The highest BCUT2D eigenvalue weighted by atomic mass is 32.1. The Morgan fingerprint density at radius 2 is 1.90 bits per heavy atom. The van der Waals surface area contributed by atoms with Gasteiger partial charge in [-0.1, -0.05) is 35.9 Å². The fourth-order valence-corrected chi connectivity index (χ4v) is 4.40. The van der Waals surface area contributed by atoms with Crippen LogP contribution in [0.25, 0.3) is 10.6 Å². The molecule has 6 heteroatoms. The number of hydrogen-bond acceptors (Lipinski definition) is 5. The summed E-state index contributed by atoms with van der Waals surface area (Å²) in [6.45, 7) is 4.57. The van der Waals surface area contributed by atoms with Gasteiger partial charge in [-0.3, -0.25) is 4.90 Å². The van der Waals surface area contributed by atoms with Gasteiger partial charge in [-0.05, 0) is 43.0 Å². The van der Waals surface area contributed by atoms with Crippen LogP contribution in [0.4, 0.5) is 0 Å². The van der Waals surface area contributed by atoms with Gasteiger partial charge in [0, 0.05) is 30.6 Å². The van der Waals surface area contributed by atoms with Crippen LogP contribution in [0.2, 0.25) is 0 Å². The van der Waals surface area contributed by atoms with E-state index in [9.17, 15) is 4.79 Å². The molecule has 29 heavy (non-hydrogen) atoms. The Balaban J connectivity index is 1.39. The second-order valence-electron chi connectivity index (χ2n) is 7.40. The van der Waals surface area contributed by atoms with Gasteiger partial charge in [-0.25, -0.2) is 9.78 Å². The maximum absolute atomic E-state index is 10.7. The first kappa shape index (κ1) is 19.6. The third kappa shape index (κ3) is 5.02. The first-order chi connectivity index (χ1) is 14.1. The second kappa shape index (κ2) is 8.76. The van der Waals surface area contributed by atoms with Crippen molar-refractivity contribution in [1.29, 1.82) is 0 Å². The van der Waals surface area contributed by atoms with Crippen molar-refractivity contribution in [3.05, 3.63) is 70.2 Å². The van der Waals surface area contributed by atoms with Crippen LogP contribution < -0.4 is 4.74 Å². The number of carbonyl (C=O) groups is 1. The Morgan fingerprint density at radius 1 is 1.14 bits per heavy atom. The third-order valence-electron chi connectivity index (χ3n) is 5.17. The Kier molecular flexibility index (Phi) is 5.92. The molecule has 0 aliphatic carbocycles. The minimum Gasteiger partial charge on any atom is -0.482 e. The van der Waals surface area contributed by atoms with E-state index in [0.29, 0.717) is 5.75 Å². The molecule has 0 amide bonds. The van der Waals surface area contributed by atoms with Crippen LogP contribution in [0.5, 0.6) is 5.75 Å². The number of ether oxygens (including phenoxy) is 1. The molecule has 0 bridgehead atoms. The highest BCUT2D eigenvalue weighted by Crippen LogP contribution is 2.26. The lowest BCUT2D eigenvalue weighted by Gasteiger charge is -2.18. The molecule has 3 aromatic rings. The Labute approximate surface area is 174 Å².